The SMILES string of the molecule is Cc1ccc(-n2c(SCC(=O)Nc3ccc(S(=O)(=O)NCCC(=O)O)cc3Cl)nnc2C(F)F)c2c1CCCC2. The number of rotatable bonds is 11. The van der Waals surface area contributed by atoms with Crippen LogP contribution in [0.1, 0.15) is 48.2 Å². The number of carbonyl (C=O) groups is 2. The van der Waals surface area contributed by atoms with E-state index in [9.17, 15) is 26.8 Å². The summed E-state index contributed by atoms with van der Waals surface area (Å²) >= 11 is 7.12. The average molecular weight is 614 g/mol. The molecule has 40 heavy (non-hydrogen) atoms. The van der Waals surface area contributed by atoms with Crippen molar-refractivity contribution in [2.24, 2.45) is 0 Å². The van der Waals surface area contributed by atoms with Crippen LogP contribution in [0.3, 0.4) is 0 Å². The van der Waals surface area contributed by atoms with E-state index in [1.165, 1.54) is 16.7 Å². The zero-order valence-corrected chi connectivity index (χ0v) is 23.7. The molecule has 15 heteroatoms. The van der Waals surface area contributed by atoms with Crippen LogP contribution in [-0.2, 0) is 32.5 Å². The molecule has 10 nitrogen and oxygen atoms in total. The number of carboxylic acid groups (broad SMARTS) is 1. The fraction of sp³-hybridized carbons (Fsp3) is 0.360. The van der Waals surface area contributed by atoms with Gasteiger partial charge in [0.05, 0.1) is 33.5 Å². The molecule has 1 amide bonds. The summed E-state index contributed by atoms with van der Waals surface area (Å²) in [5, 5.41) is 19.0. The lowest BCUT2D eigenvalue weighted by Crippen LogP contribution is -2.26. The number of thioether (sulfide) groups is 1. The zero-order valence-electron chi connectivity index (χ0n) is 21.3. The van der Waals surface area contributed by atoms with Gasteiger partial charge in [0.25, 0.3) is 6.43 Å². The van der Waals surface area contributed by atoms with E-state index in [2.05, 4.69) is 20.2 Å². The van der Waals surface area contributed by atoms with Gasteiger partial charge in [-0.3, -0.25) is 14.2 Å². The fourth-order valence-corrected chi connectivity index (χ4v) is 6.54. The molecule has 2 aromatic carbocycles. The number of halogens is 3. The summed E-state index contributed by atoms with van der Waals surface area (Å²) in [6.07, 6.45) is 0.322. The second-order valence-electron chi connectivity index (χ2n) is 9.06. The van der Waals surface area contributed by atoms with E-state index in [0.29, 0.717) is 5.69 Å². The third-order valence-electron chi connectivity index (χ3n) is 6.33. The number of nitrogens with one attached hydrogen (secondary N) is 2. The van der Waals surface area contributed by atoms with Gasteiger partial charge in [-0.05, 0) is 73.6 Å². The molecule has 0 atom stereocenters. The van der Waals surface area contributed by atoms with Crippen LogP contribution < -0.4 is 10.0 Å². The largest absolute Gasteiger partial charge is 0.481 e. The van der Waals surface area contributed by atoms with Gasteiger partial charge in [0.1, 0.15) is 0 Å². The minimum atomic E-state index is -4.01. The minimum absolute atomic E-state index is 0.0612. The highest BCUT2D eigenvalue weighted by Crippen LogP contribution is 2.34. The van der Waals surface area contributed by atoms with Crippen molar-refractivity contribution >= 4 is 50.9 Å². The van der Waals surface area contributed by atoms with E-state index in [-0.39, 0.29) is 33.1 Å². The van der Waals surface area contributed by atoms with Crippen LogP contribution in [0.5, 0.6) is 0 Å². The third-order valence-corrected chi connectivity index (χ3v) is 9.03. The van der Waals surface area contributed by atoms with Crippen LogP contribution in [0.25, 0.3) is 5.69 Å². The van der Waals surface area contributed by atoms with Gasteiger partial charge in [0.2, 0.25) is 21.8 Å². The number of benzene rings is 2. The normalized spacial score (nSPS) is 13.3. The summed E-state index contributed by atoms with van der Waals surface area (Å²) in [6.45, 7) is 1.70. The van der Waals surface area contributed by atoms with E-state index in [0.717, 1.165) is 60.2 Å². The Bertz CT molecular complexity index is 1550. The van der Waals surface area contributed by atoms with Gasteiger partial charge >= 0.3 is 5.97 Å². The molecule has 3 aromatic rings. The van der Waals surface area contributed by atoms with Gasteiger partial charge < -0.3 is 10.4 Å². The molecule has 0 fully saturated rings. The number of aliphatic carboxylic acids is 1. The van der Waals surface area contributed by atoms with Gasteiger partial charge in [-0.2, -0.15) is 0 Å². The lowest BCUT2D eigenvalue weighted by molar-refractivity contribution is -0.136. The molecule has 0 radical (unpaired) electrons. The minimum Gasteiger partial charge on any atom is -0.481 e. The highest BCUT2D eigenvalue weighted by atomic mass is 35.5. The van der Waals surface area contributed by atoms with E-state index < -0.39 is 40.6 Å². The van der Waals surface area contributed by atoms with Crippen molar-refractivity contribution < 1.29 is 31.9 Å². The first-order chi connectivity index (χ1) is 19.0. The first-order valence-electron chi connectivity index (χ1n) is 12.3. The van der Waals surface area contributed by atoms with Crippen molar-refractivity contribution in [2.75, 3.05) is 17.6 Å². The van der Waals surface area contributed by atoms with Gasteiger partial charge in [0, 0.05) is 6.54 Å². The molecule has 0 aliphatic heterocycles. The van der Waals surface area contributed by atoms with Crippen molar-refractivity contribution in [1.29, 1.82) is 0 Å². The number of hydrogen-bond donors (Lipinski definition) is 3. The number of amides is 1. The number of aromatic nitrogens is 3. The molecule has 0 saturated heterocycles. The van der Waals surface area contributed by atoms with Gasteiger partial charge in [-0.25, -0.2) is 21.9 Å². The number of sulfonamides is 1. The number of carbonyl (C=O) groups excluding carboxylic acids is 1. The predicted molar refractivity (Wildman–Crippen MR) is 146 cm³/mol. The summed E-state index contributed by atoms with van der Waals surface area (Å²) in [5.41, 5.74) is 3.95. The molecular formula is C25H26ClF2N5O5S2. The van der Waals surface area contributed by atoms with Crippen LogP contribution in [0.4, 0.5) is 14.5 Å². The molecular weight excluding hydrogens is 588 g/mol. The number of carboxylic acids is 1. The quantitative estimate of drug-likeness (QED) is 0.268. The topological polar surface area (TPSA) is 143 Å². The Morgan fingerprint density at radius 1 is 1.15 bits per heavy atom. The van der Waals surface area contributed by atoms with Crippen molar-refractivity contribution in [1.82, 2.24) is 19.5 Å². The van der Waals surface area contributed by atoms with E-state index in [1.54, 1.807) is 6.07 Å². The molecule has 4 rings (SSSR count). The first kappa shape index (κ1) is 29.9. The fourth-order valence-electron chi connectivity index (χ4n) is 4.44. The van der Waals surface area contributed by atoms with Gasteiger partial charge in [-0.1, -0.05) is 29.4 Å². The van der Waals surface area contributed by atoms with Gasteiger partial charge in [0.15, 0.2) is 5.16 Å². The maximum Gasteiger partial charge on any atom is 0.304 e. The third kappa shape index (κ3) is 6.79. The Morgan fingerprint density at radius 2 is 1.88 bits per heavy atom. The summed E-state index contributed by atoms with van der Waals surface area (Å²) in [4.78, 5) is 23.1. The highest BCUT2D eigenvalue weighted by Gasteiger charge is 2.26. The van der Waals surface area contributed by atoms with Crippen LogP contribution >= 0.6 is 23.4 Å². The van der Waals surface area contributed by atoms with Crippen LogP contribution in [0, 0.1) is 6.92 Å². The van der Waals surface area contributed by atoms with E-state index in [1.807, 2.05) is 13.0 Å². The molecule has 0 bridgehead atoms. The highest BCUT2D eigenvalue weighted by molar-refractivity contribution is 7.99. The smallest absolute Gasteiger partial charge is 0.304 e. The van der Waals surface area contributed by atoms with E-state index >= 15 is 0 Å². The molecule has 214 valence electrons. The molecule has 1 heterocycles. The molecule has 0 unspecified atom stereocenters. The molecule has 0 spiro atoms. The van der Waals surface area contributed by atoms with Crippen molar-refractivity contribution in [3.8, 4) is 5.69 Å². The summed E-state index contributed by atoms with van der Waals surface area (Å²) in [5.74, 6) is -2.39. The Morgan fingerprint density at radius 3 is 2.55 bits per heavy atom. The van der Waals surface area contributed by atoms with Crippen LogP contribution in [-0.4, -0.2) is 52.5 Å². The summed E-state index contributed by atoms with van der Waals surface area (Å²) in [7, 11) is -4.01. The lowest BCUT2D eigenvalue weighted by atomic mass is 9.87. The number of hydrogen-bond acceptors (Lipinski definition) is 7. The molecule has 1 aromatic heterocycles. The second kappa shape index (κ2) is 12.6. The van der Waals surface area contributed by atoms with Gasteiger partial charge in [-0.15, -0.1) is 10.2 Å². The van der Waals surface area contributed by atoms with E-state index in [4.69, 9.17) is 16.7 Å². The summed E-state index contributed by atoms with van der Waals surface area (Å²) < 4.78 is 55.9. The van der Waals surface area contributed by atoms with Crippen molar-refractivity contribution in [2.45, 2.75) is 55.5 Å². The Labute approximate surface area is 238 Å². The van der Waals surface area contributed by atoms with Crippen molar-refractivity contribution in [3.63, 3.8) is 0 Å². The lowest BCUT2D eigenvalue weighted by Gasteiger charge is -2.23. The van der Waals surface area contributed by atoms with Crippen LogP contribution in [0.2, 0.25) is 5.02 Å². The zero-order chi connectivity index (χ0) is 29.0. The first-order valence-corrected chi connectivity index (χ1v) is 15.1. The molecule has 0 saturated carbocycles. The molecule has 1 aliphatic rings. The average Bonchev–Trinajstić information content (AvgIpc) is 3.33. The Hall–Kier alpha value is -3.07. The second-order valence-corrected chi connectivity index (χ2v) is 12.2. The number of alkyl halides is 2. The monoisotopic (exact) mass is 613 g/mol. The standard InChI is InChI=1S/C25H26ClF2N5O5S2/c1-14-6-9-20(17-5-3-2-4-16(14)17)33-24(23(27)28)31-32-25(33)39-13-21(34)30-19-8-7-15(12-18(19)26)40(37,38)29-11-10-22(35)36/h6-9,12,23,29H,2-5,10-11,13H2,1H3,(H,30,34)(H,35,36). The van der Waals surface area contributed by atoms with Crippen molar-refractivity contribution in [3.05, 3.63) is 57.9 Å². The number of fused-ring (bicyclic) bond motifs is 1. The maximum absolute atomic E-state index is 13.9. The molecule has 3 N–H and O–H groups in total. The summed E-state index contributed by atoms with van der Waals surface area (Å²) in [6, 6.07) is 7.31. The number of anilines is 1. The molecule has 1 aliphatic carbocycles. The Balaban J connectivity index is 1.49. The maximum atomic E-state index is 13.9. The number of aryl methyl sites for hydroxylation is 1. The van der Waals surface area contributed by atoms with Crippen LogP contribution in [0.15, 0.2) is 40.4 Å². The predicted octanol–water partition coefficient (Wildman–Crippen LogP) is 4.53. The number of nitrogens with zero attached hydrogens (tertiary/aromatic N) is 3. The Kier molecular flexibility index (Phi) is 9.44.